The van der Waals surface area contributed by atoms with Crippen molar-refractivity contribution in [3.8, 4) is 0 Å². The number of aliphatic hydroxyl groups excluding tert-OH is 1. The van der Waals surface area contributed by atoms with Crippen LogP contribution in [0.2, 0.25) is 0 Å². The molecule has 8 heavy (non-hydrogen) atoms. The molecule has 3 heteroatoms. The van der Waals surface area contributed by atoms with E-state index >= 15 is 0 Å². The molecule has 48 valence electrons. The Morgan fingerprint density at radius 2 is 2.38 bits per heavy atom. The highest BCUT2D eigenvalue weighted by atomic mass is 16.3. The van der Waals surface area contributed by atoms with E-state index in [-0.39, 0.29) is 6.61 Å². The van der Waals surface area contributed by atoms with Gasteiger partial charge in [-0.3, -0.25) is 5.41 Å². The Kier molecular flexibility index (Phi) is 4.26. The van der Waals surface area contributed by atoms with Gasteiger partial charge >= 0.3 is 0 Å². The third-order valence-electron chi connectivity index (χ3n) is 0.804. The Morgan fingerprint density at radius 3 is 2.75 bits per heavy atom. The number of hydrogen-bond acceptors (Lipinski definition) is 2. The van der Waals surface area contributed by atoms with E-state index in [1.54, 1.807) is 0 Å². The number of hydrogen-bond donors (Lipinski definition) is 3. The number of rotatable bonds is 3. The van der Waals surface area contributed by atoms with Crippen molar-refractivity contribution in [3.05, 3.63) is 0 Å². The second-order valence-corrected chi connectivity index (χ2v) is 1.48. The van der Waals surface area contributed by atoms with Crippen molar-refractivity contribution in [1.82, 2.24) is 5.32 Å². The van der Waals surface area contributed by atoms with Gasteiger partial charge in [0.15, 0.2) is 0 Å². The Hall–Kier alpha value is -0.570. The van der Waals surface area contributed by atoms with Gasteiger partial charge in [0.1, 0.15) is 0 Å². The van der Waals surface area contributed by atoms with E-state index in [9.17, 15) is 0 Å². The number of nitrogens with one attached hydrogen (secondary N) is 2. The van der Waals surface area contributed by atoms with Crippen LogP contribution in [0.4, 0.5) is 0 Å². The van der Waals surface area contributed by atoms with Gasteiger partial charge in [0.05, 0.1) is 12.4 Å². The standard InChI is InChI=1S/C5H12N2O/c1-2-5(6)7-3-4-8/h8H,2-4H2,1H3,(H2,6,7). The molecule has 3 N–H and O–H groups in total. The molecule has 0 spiro atoms. The molecule has 0 heterocycles. The van der Waals surface area contributed by atoms with Gasteiger partial charge in [-0.25, -0.2) is 0 Å². The first-order valence-electron chi connectivity index (χ1n) is 2.73. The molecule has 0 aliphatic carbocycles. The minimum absolute atomic E-state index is 0.0996. The van der Waals surface area contributed by atoms with Crippen LogP contribution in [-0.2, 0) is 0 Å². The summed E-state index contributed by atoms with van der Waals surface area (Å²) in [7, 11) is 0. The first-order valence-corrected chi connectivity index (χ1v) is 2.73. The normalized spacial score (nSPS) is 8.75. The Balaban J connectivity index is 2.99. The summed E-state index contributed by atoms with van der Waals surface area (Å²) < 4.78 is 0. The summed E-state index contributed by atoms with van der Waals surface area (Å²) in [6, 6.07) is 0. The third-order valence-corrected chi connectivity index (χ3v) is 0.804. The molecule has 0 aliphatic heterocycles. The molecule has 0 saturated heterocycles. The van der Waals surface area contributed by atoms with Gasteiger partial charge in [0.25, 0.3) is 0 Å². The Bertz CT molecular complexity index is 72.8. The summed E-state index contributed by atoms with van der Waals surface area (Å²) in [6.07, 6.45) is 0.708. The zero-order valence-electron chi connectivity index (χ0n) is 5.07. The monoisotopic (exact) mass is 116 g/mol. The molecule has 0 rings (SSSR count). The van der Waals surface area contributed by atoms with E-state index in [2.05, 4.69) is 5.32 Å². The maximum absolute atomic E-state index is 8.25. The van der Waals surface area contributed by atoms with Gasteiger partial charge < -0.3 is 10.4 Å². The van der Waals surface area contributed by atoms with Crippen molar-refractivity contribution in [2.75, 3.05) is 13.2 Å². The fourth-order valence-electron chi connectivity index (χ4n) is 0.332. The Labute approximate surface area is 49.2 Å². The molecule has 0 fully saturated rings. The van der Waals surface area contributed by atoms with Crippen molar-refractivity contribution >= 4 is 5.84 Å². The van der Waals surface area contributed by atoms with Crippen molar-refractivity contribution in [3.63, 3.8) is 0 Å². The fraction of sp³-hybridized carbons (Fsp3) is 0.800. The topological polar surface area (TPSA) is 56.1 Å². The fourth-order valence-corrected chi connectivity index (χ4v) is 0.332. The summed E-state index contributed by atoms with van der Waals surface area (Å²) >= 11 is 0. The summed E-state index contributed by atoms with van der Waals surface area (Å²) in [6.45, 7) is 2.49. The molecule has 0 aromatic rings. The lowest BCUT2D eigenvalue weighted by molar-refractivity contribution is 0.300. The van der Waals surface area contributed by atoms with E-state index in [4.69, 9.17) is 10.5 Å². The van der Waals surface area contributed by atoms with E-state index in [0.717, 1.165) is 0 Å². The van der Waals surface area contributed by atoms with Crippen LogP contribution in [0.1, 0.15) is 13.3 Å². The van der Waals surface area contributed by atoms with Crippen LogP contribution in [0.3, 0.4) is 0 Å². The molecule has 0 aliphatic rings. The molecular weight excluding hydrogens is 104 g/mol. The lowest BCUT2D eigenvalue weighted by Gasteiger charge is -2.00. The molecule has 0 unspecified atom stereocenters. The highest BCUT2D eigenvalue weighted by Crippen LogP contribution is 1.72. The highest BCUT2D eigenvalue weighted by molar-refractivity contribution is 5.78. The van der Waals surface area contributed by atoms with Gasteiger partial charge in [-0.1, -0.05) is 6.92 Å². The van der Waals surface area contributed by atoms with Gasteiger partial charge in [-0.15, -0.1) is 0 Å². The second kappa shape index (κ2) is 4.59. The van der Waals surface area contributed by atoms with E-state index < -0.39 is 0 Å². The average molecular weight is 116 g/mol. The smallest absolute Gasteiger partial charge is 0.0929 e. The van der Waals surface area contributed by atoms with Crippen molar-refractivity contribution in [1.29, 1.82) is 5.41 Å². The molecule has 3 nitrogen and oxygen atoms in total. The Morgan fingerprint density at radius 1 is 1.75 bits per heavy atom. The molecule has 0 atom stereocenters. The van der Waals surface area contributed by atoms with Crippen LogP contribution in [0.5, 0.6) is 0 Å². The van der Waals surface area contributed by atoms with E-state index in [1.165, 1.54) is 0 Å². The van der Waals surface area contributed by atoms with E-state index in [0.29, 0.717) is 18.8 Å². The average Bonchev–Trinajstić information content (AvgIpc) is 1.83. The van der Waals surface area contributed by atoms with Gasteiger partial charge in [0, 0.05) is 13.0 Å². The predicted octanol–water partition coefficient (Wildman–Crippen LogP) is -0.0444. The highest BCUT2D eigenvalue weighted by Gasteiger charge is 1.86. The maximum Gasteiger partial charge on any atom is 0.0929 e. The number of amidine groups is 1. The van der Waals surface area contributed by atoms with Crippen LogP contribution in [0.25, 0.3) is 0 Å². The van der Waals surface area contributed by atoms with Gasteiger partial charge in [-0.05, 0) is 0 Å². The second-order valence-electron chi connectivity index (χ2n) is 1.48. The van der Waals surface area contributed by atoms with Crippen molar-refractivity contribution in [2.24, 2.45) is 0 Å². The minimum atomic E-state index is 0.0996. The molecule has 0 amide bonds. The summed E-state index contributed by atoms with van der Waals surface area (Å²) in [5.74, 6) is 0.485. The summed E-state index contributed by atoms with van der Waals surface area (Å²) in [5.41, 5.74) is 0. The van der Waals surface area contributed by atoms with Crippen LogP contribution in [0.15, 0.2) is 0 Å². The van der Waals surface area contributed by atoms with Crippen molar-refractivity contribution < 1.29 is 5.11 Å². The predicted molar refractivity (Wildman–Crippen MR) is 33.1 cm³/mol. The van der Waals surface area contributed by atoms with E-state index in [1.807, 2.05) is 6.92 Å². The van der Waals surface area contributed by atoms with Crippen LogP contribution in [0, 0.1) is 5.41 Å². The summed E-state index contributed by atoms with van der Waals surface area (Å²) in [4.78, 5) is 0. The largest absolute Gasteiger partial charge is 0.395 e. The minimum Gasteiger partial charge on any atom is -0.395 e. The van der Waals surface area contributed by atoms with Gasteiger partial charge in [0.2, 0.25) is 0 Å². The molecule has 0 radical (unpaired) electrons. The zero-order chi connectivity index (χ0) is 6.41. The number of aliphatic hydroxyl groups is 1. The molecule has 0 bridgehead atoms. The SMILES string of the molecule is CCC(=N)NCCO. The third kappa shape index (κ3) is 3.61. The molecule has 0 aromatic heterocycles. The van der Waals surface area contributed by atoms with Crippen LogP contribution < -0.4 is 5.32 Å². The molecular formula is C5H12N2O. The maximum atomic E-state index is 8.25. The molecule has 0 aromatic carbocycles. The quantitative estimate of drug-likeness (QED) is 0.358. The van der Waals surface area contributed by atoms with Crippen molar-refractivity contribution in [2.45, 2.75) is 13.3 Å². The van der Waals surface area contributed by atoms with Gasteiger partial charge in [-0.2, -0.15) is 0 Å². The first-order chi connectivity index (χ1) is 3.81. The first kappa shape index (κ1) is 7.43. The molecule has 0 saturated carbocycles. The van der Waals surface area contributed by atoms with Crippen LogP contribution >= 0.6 is 0 Å². The van der Waals surface area contributed by atoms with Crippen LogP contribution in [-0.4, -0.2) is 24.1 Å². The lowest BCUT2D eigenvalue weighted by Crippen LogP contribution is -2.24. The summed E-state index contributed by atoms with van der Waals surface area (Å²) in [5, 5.41) is 18.0. The lowest BCUT2D eigenvalue weighted by atomic mass is 10.4. The zero-order valence-corrected chi connectivity index (χ0v) is 5.07.